The van der Waals surface area contributed by atoms with Gasteiger partial charge in [-0.3, -0.25) is 4.79 Å². The van der Waals surface area contributed by atoms with Crippen LogP contribution >= 0.6 is 27.3 Å². The van der Waals surface area contributed by atoms with Crippen LogP contribution in [-0.2, 0) is 26.9 Å². The van der Waals surface area contributed by atoms with Crippen LogP contribution in [0, 0.1) is 0 Å². The Bertz CT molecular complexity index is 1320. The smallest absolute Gasteiger partial charge is 0.416 e. The zero-order valence-corrected chi connectivity index (χ0v) is 22.5. The van der Waals surface area contributed by atoms with Gasteiger partial charge in [-0.15, -0.1) is 11.3 Å². The quantitative estimate of drug-likeness (QED) is 0.171. The molecule has 38 heavy (non-hydrogen) atoms. The first-order chi connectivity index (χ1) is 18.1. The summed E-state index contributed by atoms with van der Waals surface area (Å²) < 4.78 is 54.8. The van der Waals surface area contributed by atoms with Crippen molar-refractivity contribution in [3.8, 4) is 11.5 Å². The van der Waals surface area contributed by atoms with Crippen molar-refractivity contribution < 1.29 is 37.0 Å². The van der Waals surface area contributed by atoms with Crippen LogP contribution in [0.15, 0.2) is 51.4 Å². The molecule has 14 heteroatoms. The van der Waals surface area contributed by atoms with E-state index < -0.39 is 23.6 Å². The summed E-state index contributed by atoms with van der Waals surface area (Å²) in [7, 11) is 1.44. The van der Waals surface area contributed by atoms with E-state index in [4.69, 9.17) is 14.2 Å². The number of carbonyl (C=O) groups excluding carboxylic acids is 2. The molecule has 9 nitrogen and oxygen atoms in total. The number of hydrazone groups is 1. The molecule has 3 rings (SSSR count). The lowest BCUT2D eigenvalue weighted by atomic mass is 10.2. The van der Waals surface area contributed by atoms with E-state index in [2.05, 4.69) is 36.8 Å². The van der Waals surface area contributed by atoms with Gasteiger partial charge in [0.25, 0.3) is 0 Å². The fourth-order valence-corrected chi connectivity index (χ4v) is 4.14. The number of hydrogen-bond acceptors (Lipinski definition) is 9. The highest BCUT2D eigenvalue weighted by Crippen LogP contribution is 2.33. The maximum atomic E-state index is 12.9. The minimum Gasteiger partial charge on any atom is -0.493 e. The number of rotatable bonds is 11. The van der Waals surface area contributed by atoms with Gasteiger partial charge < -0.3 is 19.5 Å². The molecule has 0 aliphatic carbocycles. The maximum absolute atomic E-state index is 12.9. The van der Waals surface area contributed by atoms with Crippen LogP contribution in [0.25, 0.3) is 0 Å². The van der Waals surface area contributed by atoms with Gasteiger partial charge in [-0.2, -0.15) is 18.3 Å². The summed E-state index contributed by atoms with van der Waals surface area (Å²) >= 11 is 4.53. The average Bonchev–Trinajstić information content (AvgIpc) is 3.30. The van der Waals surface area contributed by atoms with E-state index in [1.807, 2.05) is 0 Å². The molecular weight excluding hydrogens is 593 g/mol. The van der Waals surface area contributed by atoms with E-state index in [-0.39, 0.29) is 25.3 Å². The molecule has 0 saturated carbocycles. The molecule has 2 aromatic carbocycles. The number of hydrogen-bond donors (Lipinski definition) is 2. The third-order valence-corrected chi connectivity index (χ3v) is 6.15. The van der Waals surface area contributed by atoms with E-state index in [1.54, 1.807) is 24.4 Å². The zero-order chi connectivity index (χ0) is 27.7. The molecular formula is C24H22BrF3N4O5S. The van der Waals surface area contributed by atoms with Crippen LogP contribution < -0.4 is 20.2 Å². The third-order valence-electron chi connectivity index (χ3n) is 4.66. The van der Waals surface area contributed by atoms with Gasteiger partial charge in [-0.1, -0.05) is 6.07 Å². The number of esters is 1. The second kappa shape index (κ2) is 13.2. The molecule has 202 valence electrons. The molecule has 1 heterocycles. The van der Waals surface area contributed by atoms with E-state index >= 15 is 0 Å². The SMILES string of the molecule is CCOC(=O)COc1cc(Br)c(/C=N\NC(=O)Cc2csc(Nc3cccc(C(F)(F)F)c3)n2)cc1OC. The number of nitrogens with one attached hydrogen (secondary N) is 2. The summed E-state index contributed by atoms with van der Waals surface area (Å²) in [5, 5.41) is 8.71. The highest BCUT2D eigenvalue weighted by Gasteiger charge is 2.30. The van der Waals surface area contributed by atoms with Crippen molar-refractivity contribution in [2.24, 2.45) is 5.10 Å². The molecule has 0 bridgehead atoms. The highest BCUT2D eigenvalue weighted by atomic mass is 79.9. The predicted octanol–water partition coefficient (Wildman–Crippen LogP) is 5.31. The van der Waals surface area contributed by atoms with Crippen LogP contribution in [0.5, 0.6) is 11.5 Å². The van der Waals surface area contributed by atoms with Gasteiger partial charge in [-0.25, -0.2) is 15.2 Å². The van der Waals surface area contributed by atoms with Crippen LogP contribution in [-0.4, -0.2) is 43.4 Å². The maximum Gasteiger partial charge on any atom is 0.416 e. The number of carbonyl (C=O) groups is 2. The number of alkyl halides is 3. The number of amides is 1. The fourth-order valence-electron chi connectivity index (χ4n) is 2.98. The van der Waals surface area contributed by atoms with Gasteiger partial charge in [0.05, 0.1) is 37.6 Å². The predicted molar refractivity (Wildman–Crippen MR) is 139 cm³/mol. The minimum absolute atomic E-state index is 0.0940. The Morgan fingerprint density at radius 3 is 2.71 bits per heavy atom. The number of aromatic nitrogens is 1. The Kier molecular flexibility index (Phi) is 10.1. The first kappa shape index (κ1) is 28.9. The lowest BCUT2D eigenvalue weighted by molar-refractivity contribution is -0.145. The summed E-state index contributed by atoms with van der Waals surface area (Å²) in [6.45, 7) is 1.65. The number of benzene rings is 2. The number of anilines is 2. The number of halogens is 4. The lowest BCUT2D eigenvalue weighted by Crippen LogP contribution is -2.20. The Balaban J connectivity index is 1.56. The molecule has 0 fully saturated rings. The van der Waals surface area contributed by atoms with Gasteiger partial charge in [0, 0.05) is 21.1 Å². The monoisotopic (exact) mass is 614 g/mol. The molecule has 1 amide bonds. The van der Waals surface area contributed by atoms with Gasteiger partial charge in [0.1, 0.15) is 0 Å². The Morgan fingerprint density at radius 2 is 2.00 bits per heavy atom. The summed E-state index contributed by atoms with van der Waals surface area (Å²) in [5.41, 5.74) is 2.82. The first-order valence-corrected chi connectivity index (χ1v) is 12.6. The summed E-state index contributed by atoms with van der Waals surface area (Å²) in [6.07, 6.45) is -3.16. The van der Waals surface area contributed by atoms with Gasteiger partial charge in [-0.05, 0) is 53.2 Å². The normalized spacial score (nSPS) is 11.3. The molecule has 0 aliphatic rings. The fraction of sp³-hybridized carbons (Fsp3) is 0.250. The molecule has 0 aliphatic heterocycles. The summed E-state index contributed by atoms with van der Waals surface area (Å²) in [5.74, 6) is -0.312. The summed E-state index contributed by atoms with van der Waals surface area (Å²) in [4.78, 5) is 28.0. The molecule has 0 spiro atoms. The van der Waals surface area contributed by atoms with Crippen LogP contribution in [0.3, 0.4) is 0 Å². The van der Waals surface area contributed by atoms with Crippen molar-refractivity contribution in [2.75, 3.05) is 25.6 Å². The topological polar surface area (TPSA) is 111 Å². The standard InChI is InChI=1S/C24H22BrF3N4O5S/c1-3-36-22(34)12-37-20-10-18(25)14(7-19(20)35-2)11-29-32-21(33)9-17-13-38-23(31-17)30-16-6-4-5-15(8-16)24(26,27)28/h4-8,10-11,13H,3,9,12H2,1-2H3,(H,30,31)(H,32,33)/b29-11-. The van der Waals surface area contributed by atoms with Crippen molar-refractivity contribution in [1.29, 1.82) is 0 Å². The number of nitrogens with zero attached hydrogens (tertiary/aromatic N) is 2. The molecule has 0 unspecified atom stereocenters. The molecule has 1 aromatic heterocycles. The largest absolute Gasteiger partial charge is 0.493 e. The van der Waals surface area contributed by atoms with E-state index in [0.717, 1.165) is 23.5 Å². The van der Waals surface area contributed by atoms with E-state index in [0.29, 0.717) is 32.4 Å². The highest BCUT2D eigenvalue weighted by molar-refractivity contribution is 9.10. The lowest BCUT2D eigenvalue weighted by Gasteiger charge is -2.12. The Morgan fingerprint density at radius 1 is 1.21 bits per heavy atom. The second-order valence-electron chi connectivity index (χ2n) is 7.44. The average molecular weight is 615 g/mol. The number of thiazole rings is 1. The molecule has 0 saturated heterocycles. The van der Waals surface area contributed by atoms with Crippen molar-refractivity contribution in [2.45, 2.75) is 19.5 Å². The zero-order valence-electron chi connectivity index (χ0n) is 20.1. The molecule has 2 N–H and O–H groups in total. The number of methoxy groups -OCH3 is 1. The summed E-state index contributed by atoms with van der Waals surface area (Å²) in [6, 6.07) is 7.94. The van der Waals surface area contributed by atoms with Gasteiger partial charge in [0.15, 0.2) is 23.2 Å². The van der Waals surface area contributed by atoms with Crippen LogP contribution in [0.2, 0.25) is 0 Å². The van der Waals surface area contributed by atoms with Crippen molar-refractivity contribution in [1.82, 2.24) is 10.4 Å². The molecule has 3 aromatic rings. The van der Waals surface area contributed by atoms with Gasteiger partial charge >= 0.3 is 12.1 Å². The number of ether oxygens (including phenoxy) is 3. The van der Waals surface area contributed by atoms with Crippen molar-refractivity contribution >= 4 is 56.2 Å². The van der Waals surface area contributed by atoms with Crippen LogP contribution in [0.4, 0.5) is 24.0 Å². The Hall–Kier alpha value is -3.65. The van der Waals surface area contributed by atoms with Crippen LogP contribution in [0.1, 0.15) is 23.7 Å². The van der Waals surface area contributed by atoms with E-state index in [9.17, 15) is 22.8 Å². The molecule has 0 radical (unpaired) electrons. The Labute approximate surface area is 228 Å². The molecule has 0 atom stereocenters. The third kappa shape index (κ3) is 8.45. The minimum atomic E-state index is -4.45. The van der Waals surface area contributed by atoms with Crippen molar-refractivity contribution in [3.05, 3.63) is 63.1 Å². The second-order valence-corrected chi connectivity index (χ2v) is 9.15. The van der Waals surface area contributed by atoms with E-state index in [1.165, 1.54) is 25.5 Å². The first-order valence-electron chi connectivity index (χ1n) is 11.0. The van der Waals surface area contributed by atoms with Gasteiger partial charge in [0.2, 0.25) is 5.91 Å². The van der Waals surface area contributed by atoms with Crippen molar-refractivity contribution in [3.63, 3.8) is 0 Å².